The van der Waals surface area contributed by atoms with Gasteiger partial charge in [0.05, 0.1) is 17.9 Å². The molecule has 0 saturated heterocycles. The predicted octanol–water partition coefficient (Wildman–Crippen LogP) is 1.99. The molecule has 0 atom stereocenters. The van der Waals surface area contributed by atoms with Crippen LogP contribution in [-0.4, -0.2) is 34.1 Å². The molecule has 0 N–H and O–H groups in total. The van der Waals surface area contributed by atoms with Crippen molar-refractivity contribution in [2.24, 2.45) is 0 Å². The van der Waals surface area contributed by atoms with Crippen molar-refractivity contribution in [2.45, 2.75) is 19.9 Å². The van der Waals surface area contributed by atoms with Crippen LogP contribution in [0.3, 0.4) is 0 Å². The number of imidazole rings is 2. The summed E-state index contributed by atoms with van der Waals surface area (Å²) in [5, 5.41) is 4.39. The van der Waals surface area contributed by atoms with Gasteiger partial charge in [0.25, 0.3) is 0 Å². The van der Waals surface area contributed by atoms with Crippen LogP contribution in [0.2, 0.25) is 0 Å². The van der Waals surface area contributed by atoms with E-state index < -0.39 is 0 Å². The van der Waals surface area contributed by atoms with E-state index in [0.29, 0.717) is 12.4 Å². The minimum atomic E-state index is 0.609. The summed E-state index contributed by atoms with van der Waals surface area (Å²) >= 11 is 0. The predicted molar refractivity (Wildman–Crippen MR) is 84.7 cm³/mol. The summed E-state index contributed by atoms with van der Waals surface area (Å²) in [4.78, 5) is 17.6. The van der Waals surface area contributed by atoms with Gasteiger partial charge in [-0.25, -0.2) is 24.5 Å². The Hall–Kier alpha value is -3.09. The molecular formula is C16H15N7. The van der Waals surface area contributed by atoms with Gasteiger partial charge in [-0.05, 0) is 24.6 Å². The minimum absolute atomic E-state index is 0.609. The summed E-state index contributed by atoms with van der Waals surface area (Å²) in [6.45, 7) is 2.72. The third kappa shape index (κ3) is 2.36. The fourth-order valence-corrected chi connectivity index (χ4v) is 2.68. The first-order valence-corrected chi connectivity index (χ1v) is 7.47. The lowest BCUT2D eigenvalue weighted by molar-refractivity contribution is 0.758. The van der Waals surface area contributed by atoms with E-state index in [9.17, 15) is 0 Å². The lowest BCUT2D eigenvalue weighted by atomic mass is 10.2. The average molecular weight is 305 g/mol. The molecule has 0 aliphatic rings. The molecule has 0 fully saturated rings. The van der Waals surface area contributed by atoms with E-state index in [1.54, 1.807) is 30.9 Å². The van der Waals surface area contributed by atoms with Crippen LogP contribution in [0.15, 0.2) is 49.2 Å². The number of aromatic nitrogens is 7. The molecule has 0 unspecified atom stereocenters. The zero-order chi connectivity index (χ0) is 15.6. The molecule has 0 aliphatic heterocycles. The highest BCUT2D eigenvalue weighted by Gasteiger charge is 2.15. The van der Waals surface area contributed by atoms with E-state index in [2.05, 4.69) is 27.0 Å². The average Bonchev–Trinajstić information content (AvgIpc) is 3.19. The van der Waals surface area contributed by atoms with E-state index in [-0.39, 0.29) is 0 Å². The zero-order valence-electron chi connectivity index (χ0n) is 12.7. The molecule has 0 aromatic carbocycles. The highest BCUT2D eigenvalue weighted by molar-refractivity contribution is 5.45. The van der Waals surface area contributed by atoms with Crippen molar-refractivity contribution in [1.29, 1.82) is 0 Å². The number of nitrogens with zero attached hydrogens (tertiary/aromatic N) is 7. The van der Waals surface area contributed by atoms with Crippen molar-refractivity contribution in [3.63, 3.8) is 0 Å². The molecule has 0 radical (unpaired) electrons. The molecule has 0 spiro atoms. The number of hydrogen-bond acceptors (Lipinski definition) is 5. The van der Waals surface area contributed by atoms with Crippen LogP contribution >= 0.6 is 0 Å². The van der Waals surface area contributed by atoms with Gasteiger partial charge in [-0.1, -0.05) is 6.92 Å². The second-order valence-electron chi connectivity index (χ2n) is 5.10. The van der Waals surface area contributed by atoms with E-state index in [1.165, 1.54) is 0 Å². The monoisotopic (exact) mass is 305 g/mol. The van der Waals surface area contributed by atoms with Crippen LogP contribution in [0.5, 0.6) is 0 Å². The van der Waals surface area contributed by atoms with Gasteiger partial charge in [-0.15, -0.1) is 0 Å². The van der Waals surface area contributed by atoms with Gasteiger partial charge >= 0.3 is 0 Å². The number of aryl methyl sites for hydroxylation is 1. The second-order valence-corrected chi connectivity index (χ2v) is 5.10. The number of rotatable bonds is 4. The lowest BCUT2D eigenvalue weighted by Crippen LogP contribution is -2.06. The molecule has 114 valence electrons. The topological polar surface area (TPSA) is 73.8 Å². The molecule has 23 heavy (non-hydrogen) atoms. The molecule has 4 heterocycles. The molecular weight excluding hydrogens is 290 g/mol. The van der Waals surface area contributed by atoms with E-state index >= 15 is 0 Å². The first-order valence-electron chi connectivity index (χ1n) is 7.47. The summed E-state index contributed by atoms with van der Waals surface area (Å²) < 4.78 is 3.90. The smallest absolute Gasteiger partial charge is 0.195 e. The Morgan fingerprint density at radius 1 is 1.00 bits per heavy atom. The zero-order valence-corrected chi connectivity index (χ0v) is 12.7. The molecule has 0 aliphatic carbocycles. The van der Waals surface area contributed by atoms with Gasteiger partial charge in [-0.3, -0.25) is 0 Å². The van der Waals surface area contributed by atoms with Crippen LogP contribution in [0, 0.1) is 0 Å². The van der Waals surface area contributed by atoms with Gasteiger partial charge < -0.3 is 4.57 Å². The fourth-order valence-electron chi connectivity index (χ4n) is 2.68. The summed E-state index contributed by atoms with van der Waals surface area (Å²) in [5.74, 6) is 1.34. The molecule has 7 nitrogen and oxygen atoms in total. The first kappa shape index (κ1) is 13.6. The largest absolute Gasteiger partial charge is 0.322 e. The molecule has 0 saturated carbocycles. The standard InChI is InChI=1S/C16H15N7/c1-2-13-12(21-14-5-3-8-20-23(13)14)11-22-10-9-19-16(22)15-17-6-4-7-18-15/h3-10H,2,11H2,1H3. The third-order valence-corrected chi connectivity index (χ3v) is 3.71. The molecule has 0 bridgehead atoms. The maximum absolute atomic E-state index is 4.70. The first-order chi connectivity index (χ1) is 11.4. The Balaban J connectivity index is 1.76. The molecule has 4 rings (SSSR count). The minimum Gasteiger partial charge on any atom is -0.322 e. The number of fused-ring (bicyclic) bond motifs is 1. The van der Waals surface area contributed by atoms with Crippen LogP contribution < -0.4 is 0 Å². The third-order valence-electron chi connectivity index (χ3n) is 3.71. The normalized spacial score (nSPS) is 11.2. The lowest BCUT2D eigenvalue weighted by Gasteiger charge is -2.06. The molecule has 4 aromatic rings. The summed E-state index contributed by atoms with van der Waals surface area (Å²) in [7, 11) is 0. The Morgan fingerprint density at radius 3 is 2.70 bits per heavy atom. The van der Waals surface area contributed by atoms with Gasteiger partial charge in [0.1, 0.15) is 0 Å². The van der Waals surface area contributed by atoms with Crippen molar-refractivity contribution in [2.75, 3.05) is 0 Å². The second kappa shape index (κ2) is 5.60. The maximum atomic E-state index is 4.70. The van der Waals surface area contributed by atoms with Crippen molar-refractivity contribution < 1.29 is 0 Å². The molecule has 0 amide bonds. The highest BCUT2D eigenvalue weighted by atomic mass is 15.3. The number of hydrogen-bond donors (Lipinski definition) is 0. The Morgan fingerprint density at radius 2 is 1.87 bits per heavy atom. The Kier molecular flexibility index (Phi) is 3.30. The van der Waals surface area contributed by atoms with Crippen LogP contribution in [0.25, 0.3) is 17.3 Å². The molecule has 4 aromatic heterocycles. The van der Waals surface area contributed by atoms with Gasteiger partial charge in [0, 0.05) is 31.0 Å². The Labute approximate surface area is 132 Å². The fraction of sp³-hybridized carbons (Fsp3) is 0.188. The van der Waals surface area contributed by atoms with Gasteiger partial charge in [0.2, 0.25) is 0 Å². The van der Waals surface area contributed by atoms with Crippen molar-refractivity contribution >= 4 is 5.65 Å². The van der Waals surface area contributed by atoms with Crippen LogP contribution in [-0.2, 0) is 13.0 Å². The van der Waals surface area contributed by atoms with Crippen LogP contribution in [0.4, 0.5) is 0 Å². The van der Waals surface area contributed by atoms with Crippen molar-refractivity contribution in [3.8, 4) is 11.6 Å². The maximum Gasteiger partial charge on any atom is 0.195 e. The van der Waals surface area contributed by atoms with E-state index in [0.717, 1.165) is 29.3 Å². The summed E-state index contributed by atoms with van der Waals surface area (Å²) in [5.41, 5.74) is 2.95. The van der Waals surface area contributed by atoms with Gasteiger partial charge in [-0.2, -0.15) is 5.10 Å². The quantitative estimate of drug-likeness (QED) is 0.576. The van der Waals surface area contributed by atoms with Gasteiger partial charge in [0.15, 0.2) is 17.3 Å². The Bertz CT molecular complexity index is 939. The van der Waals surface area contributed by atoms with E-state index in [4.69, 9.17) is 4.98 Å². The summed E-state index contributed by atoms with van der Waals surface area (Å²) in [6.07, 6.45) is 9.74. The SMILES string of the molecule is CCc1c(Cn2ccnc2-c2ncccn2)nc2cccnn12. The summed E-state index contributed by atoms with van der Waals surface area (Å²) in [6, 6.07) is 5.65. The van der Waals surface area contributed by atoms with Crippen LogP contribution in [0.1, 0.15) is 18.3 Å². The van der Waals surface area contributed by atoms with Crippen molar-refractivity contribution in [3.05, 3.63) is 60.6 Å². The highest BCUT2D eigenvalue weighted by Crippen LogP contribution is 2.17. The van der Waals surface area contributed by atoms with Crippen molar-refractivity contribution in [1.82, 2.24) is 34.1 Å². The molecule has 7 heteroatoms. The van der Waals surface area contributed by atoms with E-state index in [1.807, 2.05) is 27.4 Å².